The number of alkyl halides is 2. The summed E-state index contributed by atoms with van der Waals surface area (Å²) < 4.78 is 24.4. The van der Waals surface area contributed by atoms with Crippen molar-refractivity contribution in [1.82, 2.24) is 9.80 Å². The highest BCUT2D eigenvalue weighted by Gasteiger charge is 2.30. The van der Waals surface area contributed by atoms with Gasteiger partial charge in [-0.05, 0) is 12.8 Å². The van der Waals surface area contributed by atoms with Gasteiger partial charge in [0.25, 0.3) is 5.91 Å². The highest BCUT2D eigenvalue weighted by Crippen LogP contribution is 2.24. The molecule has 1 aliphatic carbocycles. The van der Waals surface area contributed by atoms with Gasteiger partial charge in [-0.2, -0.15) is 8.78 Å². The maximum atomic E-state index is 12.2. The van der Waals surface area contributed by atoms with Gasteiger partial charge in [-0.25, -0.2) is 0 Å². The Labute approximate surface area is 94.4 Å². The third-order valence-corrected chi connectivity index (χ3v) is 3.65. The molecule has 0 atom stereocenters. The van der Waals surface area contributed by atoms with Crippen LogP contribution in [0, 0.1) is 0 Å². The van der Waals surface area contributed by atoms with Crippen LogP contribution in [0.3, 0.4) is 0 Å². The molecular weight excluding hydrogens is 214 g/mol. The minimum Gasteiger partial charge on any atom is -0.335 e. The molecular formula is C11H18F2N2O. The van der Waals surface area contributed by atoms with Crippen molar-refractivity contribution < 1.29 is 13.6 Å². The van der Waals surface area contributed by atoms with Gasteiger partial charge in [0, 0.05) is 32.2 Å². The molecule has 1 amide bonds. The highest BCUT2D eigenvalue weighted by atomic mass is 19.3. The lowest BCUT2D eigenvalue weighted by Crippen LogP contribution is -2.52. The SMILES string of the molecule is O=C(C(F)F)N1CCN(C2CCCC2)CC1. The topological polar surface area (TPSA) is 23.6 Å². The number of rotatable bonds is 2. The van der Waals surface area contributed by atoms with Gasteiger partial charge in [-0.1, -0.05) is 12.8 Å². The maximum Gasteiger partial charge on any atom is 0.315 e. The van der Waals surface area contributed by atoms with E-state index in [-0.39, 0.29) is 0 Å². The van der Waals surface area contributed by atoms with E-state index >= 15 is 0 Å². The number of nitrogens with zero attached hydrogens (tertiary/aromatic N) is 2. The van der Waals surface area contributed by atoms with E-state index in [9.17, 15) is 13.6 Å². The van der Waals surface area contributed by atoms with E-state index in [4.69, 9.17) is 0 Å². The van der Waals surface area contributed by atoms with Gasteiger partial charge >= 0.3 is 6.43 Å². The quantitative estimate of drug-likeness (QED) is 0.717. The number of carbonyl (C=O) groups is 1. The van der Waals surface area contributed by atoms with Gasteiger partial charge in [0.05, 0.1) is 0 Å². The van der Waals surface area contributed by atoms with Gasteiger partial charge in [-0.15, -0.1) is 0 Å². The van der Waals surface area contributed by atoms with Crippen molar-refractivity contribution in [1.29, 1.82) is 0 Å². The molecule has 0 aromatic carbocycles. The molecule has 3 nitrogen and oxygen atoms in total. The van der Waals surface area contributed by atoms with Crippen molar-refractivity contribution >= 4 is 5.91 Å². The molecule has 0 radical (unpaired) electrons. The van der Waals surface area contributed by atoms with Crippen LogP contribution in [-0.2, 0) is 4.79 Å². The largest absolute Gasteiger partial charge is 0.335 e. The summed E-state index contributed by atoms with van der Waals surface area (Å²) in [5.74, 6) is -1.01. The van der Waals surface area contributed by atoms with Crippen LogP contribution in [-0.4, -0.2) is 54.4 Å². The van der Waals surface area contributed by atoms with E-state index in [0.717, 1.165) is 13.1 Å². The number of amides is 1. The molecule has 2 fully saturated rings. The fourth-order valence-electron chi connectivity index (χ4n) is 2.71. The number of piperazine rings is 1. The molecule has 2 aliphatic rings. The van der Waals surface area contributed by atoms with E-state index in [2.05, 4.69) is 4.90 Å². The van der Waals surface area contributed by atoms with Gasteiger partial charge in [0.15, 0.2) is 0 Å². The lowest BCUT2D eigenvalue weighted by molar-refractivity contribution is -0.144. The third-order valence-electron chi connectivity index (χ3n) is 3.65. The molecule has 0 aromatic rings. The molecule has 0 N–H and O–H groups in total. The lowest BCUT2D eigenvalue weighted by Gasteiger charge is -2.37. The van der Waals surface area contributed by atoms with Crippen LogP contribution in [0.1, 0.15) is 25.7 Å². The number of hydrogen-bond acceptors (Lipinski definition) is 2. The summed E-state index contributed by atoms with van der Waals surface area (Å²) in [6, 6.07) is 0.629. The summed E-state index contributed by atoms with van der Waals surface area (Å²) in [5, 5.41) is 0. The van der Waals surface area contributed by atoms with Crippen molar-refractivity contribution in [2.45, 2.75) is 38.2 Å². The Balaban J connectivity index is 1.80. The van der Waals surface area contributed by atoms with Crippen LogP contribution in [0.25, 0.3) is 0 Å². The molecule has 5 heteroatoms. The number of halogens is 2. The predicted octanol–water partition coefficient (Wildman–Crippen LogP) is 1.34. The van der Waals surface area contributed by atoms with E-state index in [1.165, 1.54) is 30.6 Å². The number of hydrogen-bond donors (Lipinski definition) is 0. The average molecular weight is 232 g/mol. The van der Waals surface area contributed by atoms with Gasteiger partial charge in [-0.3, -0.25) is 9.69 Å². The van der Waals surface area contributed by atoms with Crippen molar-refractivity contribution in [3.8, 4) is 0 Å². The van der Waals surface area contributed by atoms with E-state index in [1.807, 2.05) is 0 Å². The third kappa shape index (κ3) is 2.51. The molecule has 1 saturated heterocycles. The van der Waals surface area contributed by atoms with Gasteiger partial charge in [0.1, 0.15) is 0 Å². The fourth-order valence-corrected chi connectivity index (χ4v) is 2.71. The Hall–Kier alpha value is -0.710. The van der Waals surface area contributed by atoms with Crippen LogP contribution in [0.2, 0.25) is 0 Å². The Morgan fingerprint density at radius 3 is 2.12 bits per heavy atom. The second-order valence-electron chi connectivity index (χ2n) is 4.60. The molecule has 92 valence electrons. The summed E-state index contributed by atoms with van der Waals surface area (Å²) in [7, 11) is 0. The minimum atomic E-state index is -2.85. The molecule has 1 heterocycles. The predicted molar refractivity (Wildman–Crippen MR) is 56.4 cm³/mol. The Kier molecular flexibility index (Phi) is 3.74. The van der Waals surface area contributed by atoms with Crippen LogP contribution in [0.4, 0.5) is 8.78 Å². The second kappa shape index (κ2) is 5.08. The van der Waals surface area contributed by atoms with E-state index in [1.54, 1.807) is 0 Å². The normalized spacial score (nSPS) is 24.3. The summed E-state index contributed by atoms with van der Waals surface area (Å²) in [6.45, 7) is 2.42. The first-order valence-electron chi connectivity index (χ1n) is 5.99. The van der Waals surface area contributed by atoms with E-state index < -0.39 is 12.3 Å². The molecule has 1 aliphatic heterocycles. The molecule has 16 heavy (non-hydrogen) atoms. The minimum absolute atomic E-state index is 0.458. The summed E-state index contributed by atoms with van der Waals surface area (Å²) in [6.07, 6.45) is 2.16. The lowest BCUT2D eigenvalue weighted by atomic mass is 10.2. The van der Waals surface area contributed by atoms with Crippen LogP contribution >= 0.6 is 0 Å². The maximum absolute atomic E-state index is 12.2. The summed E-state index contributed by atoms with van der Waals surface area (Å²) >= 11 is 0. The van der Waals surface area contributed by atoms with Crippen molar-refractivity contribution in [3.05, 3.63) is 0 Å². The zero-order chi connectivity index (χ0) is 11.5. The molecule has 1 saturated carbocycles. The van der Waals surface area contributed by atoms with Crippen LogP contribution in [0.5, 0.6) is 0 Å². The second-order valence-corrected chi connectivity index (χ2v) is 4.60. The van der Waals surface area contributed by atoms with Crippen LogP contribution in [0.15, 0.2) is 0 Å². The molecule has 0 aromatic heterocycles. The molecule has 2 rings (SSSR count). The molecule has 0 spiro atoms. The fraction of sp³-hybridized carbons (Fsp3) is 0.909. The molecule has 0 unspecified atom stereocenters. The van der Waals surface area contributed by atoms with Gasteiger partial charge in [0.2, 0.25) is 0 Å². The van der Waals surface area contributed by atoms with Crippen molar-refractivity contribution in [2.24, 2.45) is 0 Å². The smallest absolute Gasteiger partial charge is 0.315 e. The first kappa shape index (κ1) is 11.8. The van der Waals surface area contributed by atoms with Crippen LogP contribution < -0.4 is 0 Å². The zero-order valence-corrected chi connectivity index (χ0v) is 9.37. The highest BCUT2D eigenvalue weighted by molar-refractivity contribution is 5.79. The summed E-state index contributed by atoms with van der Waals surface area (Å²) in [5.41, 5.74) is 0. The number of carbonyl (C=O) groups excluding carboxylic acids is 1. The van der Waals surface area contributed by atoms with Gasteiger partial charge < -0.3 is 4.90 Å². The van der Waals surface area contributed by atoms with Crippen molar-refractivity contribution in [2.75, 3.05) is 26.2 Å². The molecule has 0 bridgehead atoms. The average Bonchev–Trinajstić information content (AvgIpc) is 2.81. The van der Waals surface area contributed by atoms with Crippen molar-refractivity contribution in [3.63, 3.8) is 0 Å². The van der Waals surface area contributed by atoms with E-state index in [0.29, 0.717) is 19.1 Å². The first-order chi connectivity index (χ1) is 7.68. The summed E-state index contributed by atoms with van der Waals surface area (Å²) in [4.78, 5) is 14.7. The Morgan fingerprint density at radius 2 is 1.62 bits per heavy atom. The monoisotopic (exact) mass is 232 g/mol. The first-order valence-corrected chi connectivity index (χ1v) is 5.99. The zero-order valence-electron chi connectivity index (χ0n) is 9.37. The Morgan fingerprint density at radius 1 is 1.06 bits per heavy atom. The Bertz CT molecular complexity index is 246. The standard InChI is InChI=1S/C11H18F2N2O/c12-10(13)11(16)15-7-5-14(6-8-15)9-3-1-2-4-9/h9-10H,1-8H2.